The third-order valence-electron chi connectivity index (χ3n) is 5.68. The molecule has 1 N–H and O–H groups in total. The van der Waals surface area contributed by atoms with Crippen molar-refractivity contribution in [3.8, 4) is 0 Å². The quantitative estimate of drug-likeness (QED) is 0.814. The number of carboxylic acids is 1. The van der Waals surface area contributed by atoms with Crippen molar-refractivity contribution in [1.29, 1.82) is 0 Å². The van der Waals surface area contributed by atoms with Gasteiger partial charge < -0.3 is 10.0 Å². The molecule has 0 spiro atoms. The molecule has 0 aliphatic heterocycles. The van der Waals surface area contributed by atoms with Crippen molar-refractivity contribution in [2.45, 2.75) is 51.5 Å². The molecular formula is C17H27NO3. The van der Waals surface area contributed by atoms with Gasteiger partial charge in [0.1, 0.15) is 0 Å². The smallest absolute Gasteiger partial charge is 0.306 e. The maximum atomic E-state index is 11.8. The number of nitrogens with zero attached hydrogens (tertiary/aromatic N) is 1. The van der Waals surface area contributed by atoms with Gasteiger partial charge in [0.25, 0.3) is 0 Å². The summed E-state index contributed by atoms with van der Waals surface area (Å²) in [4.78, 5) is 25.0. The first-order valence-electron chi connectivity index (χ1n) is 8.06. The molecule has 0 aromatic heterocycles. The van der Waals surface area contributed by atoms with E-state index in [4.69, 9.17) is 0 Å². The van der Waals surface area contributed by atoms with E-state index < -0.39 is 5.97 Å². The Morgan fingerprint density at radius 2 is 1.90 bits per heavy atom. The zero-order valence-electron chi connectivity index (χ0n) is 13.1. The van der Waals surface area contributed by atoms with Gasteiger partial charge in [0.05, 0.1) is 5.92 Å². The topological polar surface area (TPSA) is 57.6 Å². The minimum atomic E-state index is -0.620. The Balaban J connectivity index is 2.08. The van der Waals surface area contributed by atoms with Gasteiger partial charge in [-0.1, -0.05) is 19.9 Å². The lowest BCUT2D eigenvalue weighted by Gasteiger charge is -2.31. The molecule has 21 heavy (non-hydrogen) atoms. The number of rotatable bonds is 3. The molecule has 118 valence electrons. The molecule has 5 unspecified atom stereocenters. The summed E-state index contributed by atoms with van der Waals surface area (Å²) in [6, 6.07) is 0.258. The lowest BCUT2D eigenvalue weighted by Crippen LogP contribution is -2.38. The van der Waals surface area contributed by atoms with Crippen molar-refractivity contribution in [3.63, 3.8) is 0 Å². The Kier molecular flexibility index (Phi) is 5.07. The van der Waals surface area contributed by atoms with E-state index in [1.54, 1.807) is 0 Å². The monoisotopic (exact) mass is 293 g/mol. The fourth-order valence-corrected chi connectivity index (χ4v) is 4.28. The first-order chi connectivity index (χ1) is 9.93. The summed E-state index contributed by atoms with van der Waals surface area (Å²) < 4.78 is 0. The van der Waals surface area contributed by atoms with Crippen molar-refractivity contribution >= 4 is 11.9 Å². The summed E-state index contributed by atoms with van der Waals surface area (Å²) in [5.74, 6) is 0.505. The molecule has 0 saturated heterocycles. The standard InChI is InChI=1S/C17H27NO3/c1-4-16(19)18(3)14-7-5-6-12-9-13(11(2)8-14)10-15(12)17(20)21/h4,11-15H,1,5-10H2,2-3H3,(H,20,21). The van der Waals surface area contributed by atoms with Crippen molar-refractivity contribution in [2.24, 2.45) is 23.7 Å². The minimum Gasteiger partial charge on any atom is -0.481 e. The highest BCUT2D eigenvalue weighted by Gasteiger charge is 2.41. The van der Waals surface area contributed by atoms with Crippen LogP contribution in [-0.2, 0) is 9.59 Å². The second-order valence-corrected chi connectivity index (χ2v) is 6.89. The normalized spacial score (nSPS) is 36.2. The maximum absolute atomic E-state index is 11.8. The van der Waals surface area contributed by atoms with Crippen molar-refractivity contribution in [3.05, 3.63) is 12.7 Å². The lowest BCUT2D eigenvalue weighted by molar-refractivity contribution is -0.143. The summed E-state index contributed by atoms with van der Waals surface area (Å²) in [6.07, 6.45) is 7.16. The molecule has 4 heteroatoms. The van der Waals surface area contributed by atoms with Crippen LogP contribution in [0.4, 0.5) is 0 Å². The zero-order chi connectivity index (χ0) is 15.6. The van der Waals surface area contributed by atoms with Crippen LogP contribution in [0.5, 0.6) is 0 Å². The Labute approximate surface area is 127 Å². The van der Waals surface area contributed by atoms with Crippen LogP contribution in [-0.4, -0.2) is 35.0 Å². The zero-order valence-corrected chi connectivity index (χ0v) is 13.1. The van der Waals surface area contributed by atoms with Gasteiger partial charge >= 0.3 is 5.97 Å². The summed E-state index contributed by atoms with van der Waals surface area (Å²) >= 11 is 0. The number of carbonyl (C=O) groups is 2. The Bertz CT molecular complexity index is 420. The van der Waals surface area contributed by atoms with Crippen LogP contribution in [0.3, 0.4) is 0 Å². The van der Waals surface area contributed by atoms with E-state index in [-0.39, 0.29) is 17.9 Å². The summed E-state index contributed by atoms with van der Waals surface area (Å²) in [6.45, 7) is 5.79. The molecule has 0 radical (unpaired) electrons. The van der Waals surface area contributed by atoms with E-state index in [0.717, 1.165) is 38.5 Å². The highest BCUT2D eigenvalue weighted by atomic mass is 16.4. The van der Waals surface area contributed by atoms with Crippen molar-refractivity contribution in [1.82, 2.24) is 4.90 Å². The molecule has 2 fully saturated rings. The number of carbonyl (C=O) groups excluding carboxylic acids is 1. The molecular weight excluding hydrogens is 266 g/mol. The van der Waals surface area contributed by atoms with Gasteiger partial charge in [0.2, 0.25) is 5.91 Å². The van der Waals surface area contributed by atoms with Crippen LogP contribution in [0.25, 0.3) is 0 Å². The van der Waals surface area contributed by atoms with Crippen LogP contribution >= 0.6 is 0 Å². The third kappa shape index (κ3) is 3.47. The maximum Gasteiger partial charge on any atom is 0.306 e. The number of amides is 1. The van der Waals surface area contributed by atoms with E-state index in [2.05, 4.69) is 13.5 Å². The summed E-state index contributed by atoms with van der Waals surface area (Å²) in [5.41, 5.74) is 0. The Hall–Kier alpha value is -1.32. The van der Waals surface area contributed by atoms with Gasteiger partial charge in [-0.15, -0.1) is 0 Å². The fourth-order valence-electron chi connectivity index (χ4n) is 4.28. The predicted molar refractivity (Wildman–Crippen MR) is 81.7 cm³/mol. The SMILES string of the molecule is C=CC(=O)N(C)C1CCCC2CC(CC2C(=O)O)C(C)C1. The summed E-state index contributed by atoms with van der Waals surface area (Å²) in [5, 5.41) is 9.38. The average Bonchev–Trinajstić information content (AvgIpc) is 2.90. The van der Waals surface area contributed by atoms with Gasteiger partial charge in [-0.05, 0) is 55.9 Å². The van der Waals surface area contributed by atoms with Crippen LogP contribution < -0.4 is 0 Å². The van der Waals surface area contributed by atoms with Gasteiger partial charge in [-0.2, -0.15) is 0 Å². The van der Waals surface area contributed by atoms with Crippen LogP contribution in [0, 0.1) is 23.7 Å². The van der Waals surface area contributed by atoms with Gasteiger partial charge in [0.15, 0.2) is 0 Å². The number of fused-ring (bicyclic) bond motifs is 2. The largest absolute Gasteiger partial charge is 0.481 e. The van der Waals surface area contributed by atoms with Crippen molar-refractivity contribution < 1.29 is 14.7 Å². The number of hydrogen-bond acceptors (Lipinski definition) is 2. The summed E-state index contributed by atoms with van der Waals surface area (Å²) in [7, 11) is 1.86. The van der Waals surface area contributed by atoms with Gasteiger partial charge in [0, 0.05) is 13.1 Å². The van der Waals surface area contributed by atoms with Crippen molar-refractivity contribution in [2.75, 3.05) is 7.05 Å². The van der Waals surface area contributed by atoms with E-state index in [1.165, 1.54) is 6.08 Å². The van der Waals surface area contributed by atoms with Crippen LogP contribution in [0.15, 0.2) is 12.7 Å². The Morgan fingerprint density at radius 1 is 1.19 bits per heavy atom. The minimum absolute atomic E-state index is 0.0139. The van der Waals surface area contributed by atoms with E-state index in [9.17, 15) is 14.7 Å². The molecule has 2 aliphatic carbocycles. The van der Waals surface area contributed by atoms with E-state index in [1.807, 2.05) is 11.9 Å². The molecule has 0 heterocycles. The molecule has 2 bridgehead atoms. The first-order valence-corrected chi connectivity index (χ1v) is 8.06. The molecule has 2 rings (SSSR count). The Morgan fingerprint density at radius 3 is 2.52 bits per heavy atom. The molecule has 0 aromatic rings. The molecule has 2 aliphatic rings. The first kappa shape index (κ1) is 16.1. The molecule has 4 nitrogen and oxygen atoms in total. The van der Waals surface area contributed by atoms with Gasteiger partial charge in [-0.25, -0.2) is 0 Å². The number of likely N-dealkylation sites (N-methyl/N-ethyl adjacent to an activating group) is 1. The molecule has 5 atom stereocenters. The lowest BCUT2D eigenvalue weighted by atomic mass is 9.85. The number of hydrogen-bond donors (Lipinski definition) is 1. The van der Waals surface area contributed by atoms with E-state index >= 15 is 0 Å². The van der Waals surface area contributed by atoms with E-state index in [0.29, 0.717) is 17.8 Å². The third-order valence-corrected chi connectivity index (χ3v) is 5.68. The average molecular weight is 293 g/mol. The second-order valence-electron chi connectivity index (χ2n) is 6.89. The van der Waals surface area contributed by atoms with Crippen LogP contribution in [0.1, 0.15) is 45.4 Å². The molecule has 2 saturated carbocycles. The highest BCUT2D eigenvalue weighted by molar-refractivity contribution is 5.87. The molecule has 1 amide bonds. The fraction of sp³-hybridized carbons (Fsp3) is 0.765. The van der Waals surface area contributed by atoms with Gasteiger partial charge in [-0.3, -0.25) is 9.59 Å². The second kappa shape index (κ2) is 6.63. The number of carboxylic acid groups (broad SMARTS) is 1. The molecule has 0 aromatic carbocycles. The van der Waals surface area contributed by atoms with Crippen LogP contribution in [0.2, 0.25) is 0 Å². The predicted octanol–water partition coefficient (Wildman–Crippen LogP) is 2.94. The number of aliphatic carboxylic acids is 1. The highest BCUT2D eigenvalue weighted by Crippen LogP contribution is 2.45.